The maximum Gasteiger partial charge on any atom is 0.289 e. The summed E-state index contributed by atoms with van der Waals surface area (Å²) in [5.74, 6) is 0.338. The summed E-state index contributed by atoms with van der Waals surface area (Å²) >= 11 is 0. The van der Waals surface area contributed by atoms with Crippen LogP contribution in [-0.4, -0.2) is 30.7 Å². The van der Waals surface area contributed by atoms with E-state index in [9.17, 15) is 18.5 Å². The number of nitrogens with zero attached hydrogens (tertiary/aromatic N) is 2. The van der Waals surface area contributed by atoms with Gasteiger partial charge in [-0.2, -0.15) is 4.31 Å². The van der Waals surface area contributed by atoms with Gasteiger partial charge in [0.25, 0.3) is 5.69 Å². The van der Waals surface area contributed by atoms with Gasteiger partial charge in [0.1, 0.15) is 0 Å². The van der Waals surface area contributed by atoms with Gasteiger partial charge in [-0.1, -0.05) is 26.0 Å². The average molecular weight is 314 g/mol. The highest BCUT2D eigenvalue weighted by atomic mass is 32.2. The fourth-order valence-corrected chi connectivity index (χ4v) is 4.06. The van der Waals surface area contributed by atoms with E-state index < -0.39 is 14.9 Å². The zero-order valence-corrected chi connectivity index (χ0v) is 13.8. The van der Waals surface area contributed by atoms with E-state index in [0.717, 1.165) is 0 Å². The normalized spacial score (nSPS) is 13.7. The predicted molar refractivity (Wildman–Crippen MR) is 81.7 cm³/mol. The van der Waals surface area contributed by atoms with Crippen LogP contribution in [0.2, 0.25) is 0 Å². The van der Waals surface area contributed by atoms with Crippen LogP contribution in [0.15, 0.2) is 23.1 Å². The first kappa shape index (κ1) is 17.6. The molecule has 0 N–H and O–H groups in total. The van der Waals surface area contributed by atoms with E-state index in [4.69, 9.17) is 0 Å². The molecule has 1 atom stereocenters. The van der Waals surface area contributed by atoms with E-state index in [1.807, 2.05) is 20.8 Å². The van der Waals surface area contributed by atoms with Crippen LogP contribution in [-0.2, 0) is 10.0 Å². The van der Waals surface area contributed by atoms with E-state index in [1.54, 1.807) is 13.0 Å². The summed E-state index contributed by atoms with van der Waals surface area (Å²) in [5.41, 5.74) is 0.00592. The monoisotopic (exact) mass is 314 g/mol. The molecule has 0 bridgehead atoms. The molecule has 0 fully saturated rings. The number of nitro groups is 1. The molecule has 0 aromatic heterocycles. The van der Waals surface area contributed by atoms with E-state index in [-0.39, 0.29) is 16.6 Å². The van der Waals surface area contributed by atoms with Crippen LogP contribution in [0, 0.1) is 23.0 Å². The van der Waals surface area contributed by atoms with E-state index in [0.29, 0.717) is 17.9 Å². The van der Waals surface area contributed by atoms with Gasteiger partial charge in [0.2, 0.25) is 10.0 Å². The number of sulfonamides is 1. The number of nitro benzene ring substituents is 1. The second kappa shape index (κ2) is 6.53. The highest BCUT2D eigenvalue weighted by Gasteiger charge is 2.33. The van der Waals surface area contributed by atoms with Gasteiger partial charge in [-0.3, -0.25) is 10.1 Å². The van der Waals surface area contributed by atoms with Crippen LogP contribution in [0.3, 0.4) is 0 Å². The van der Waals surface area contributed by atoms with Crippen molar-refractivity contribution in [2.24, 2.45) is 5.92 Å². The molecule has 0 saturated heterocycles. The Labute approximate surface area is 126 Å². The van der Waals surface area contributed by atoms with Crippen molar-refractivity contribution in [3.8, 4) is 0 Å². The molecule has 0 radical (unpaired) electrons. The van der Waals surface area contributed by atoms with Crippen molar-refractivity contribution in [1.82, 2.24) is 4.31 Å². The third-order valence-electron chi connectivity index (χ3n) is 3.46. The lowest BCUT2D eigenvalue weighted by molar-refractivity contribution is -0.387. The average Bonchev–Trinajstić information content (AvgIpc) is 2.36. The summed E-state index contributed by atoms with van der Waals surface area (Å²) in [5, 5.41) is 11.1. The predicted octanol–water partition coefficient (Wildman–Crippen LogP) is 2.96. The van der Waals surface area contributed by atoms with Gasteiger partial charge in [0.15, 0.2) is 4.90 Å². The van der Waals surface area contributed by atoms with Crippen molar-refractivity contribution in [2.75, 3.05) is 7.05 Å². The summed E-state index contributed by atoms with van der Waals surface area (Å²) in [6, 6.07) is 4.06. The van der Waals surface area contributed by atoms with E-state index >= 15 is 0 Å². The Morgan fingerprint density at radius 3 is 2.33 bits per heavy atom. The van der Waals surface area contributed by atoms with Crippen molar-refractivity contribution in [2.45, 2.75) is 45.1 Å². The molecule has 7 heteroatoms. The smallest absolute Gasteiger partial charge is 0.258 e. The van der Waals surface area contributed by atoms with Gasteiger partial charge >= 0.3 is 0 Å². The molecule has 118 valence electrons. The lowest BCUT2D eigenvalue weighted by atomic mass is 10.1. The molecule has 0 amide bonds. The lowest BCUT2D eigenvalue weighted by Gasteiger charge is -2.26. The van der Waals surface area contributed by atoms with E-state index in [2.05, 4.69) is 0 Å². The Balaban J connectivity index is 3.35. The molecule has 1 aromatic carbocycles. The van der Waals surface area contributed by atoms with Gasteiger partial charge in [-0.05, 0) is 31.7 Å². The molecular weight excluding hydrogens is 292 g/mol. The Morgan fingerprint density at radius 2 is 1.86 bits per heavy atom. The summed E-state index contributed by atoms with van der Waals surface area (Å²) < 4.78 is 26.7. The van der Waals surface area contributed by atoms with Crippen molar-refractivity contribution in [3.05, 3.63) is 33.9 Å². The first-order valence-electron chi connectivity index (χ1n) is 6.81. The Morgan fingerprint density at radius 1 is 1.29 bits per heavy atom. The van der Waals surface area contributed by atoms with Crippen molar-refractivity contribution >= 4 is 15.7 Å². The van der Waals surface area contributed by atoms with Crippen LogP contribution >= 0.6 is 0 Å². The SMILES string of the molecule is Cc1cccc([N+](=O)[O-])c1S(=O)(=O)N(C)C(C)CC(C)C. The quantitative estimate of drug-likeness (QED) is 0.597. The van der Waals surface area contributed by atoms with Crippen molar-refractivity contribution in [1.29, 1.82) is 0 Å². The van der Waals surface area contributed by atoms with Crippen LogP contribution in [0.4, 0.5) is 5.69 Å². The van der Waals surface area contributed by atoms with Gasteiger partial charge in [-0.15, -0.1) is 0 Å². The summed E-state index contributed by atoms with van der Waals surface area (Å²) in [7, 11) is -2.43. The van der Waals surface area contributed by atoms with E-state index in [1.165, 1.54) is 23.5 Å². The second-order valence-electron chi connectivity index (χ2n) is 5.68. The van der Waals surface area contributed by atoms with Crippen LogP contribution in [0.25, 0.3) is 0 Å². The molecule has 0 spiro atoms. The first-order chi connectivity index (χ1) is 9.59. The largest absolute Gasteiger partial charge is 0.289 e. The third-order valence-corrected chi connectivity index (χ3v) is 5.62. The molecule has 1 aromatic rings. The molecule has 6 nitrogen and oxygen atoms in total. The number of hydrogen-bond acceptors (Lipinski definition) is 4. The molecule has 0 heterocycles. The highest BCUT2D eigenvalue weighted by molar-refractivity contribution is 7.89. The van der Waals surface area contributed by atoms with Gasteiger partial charge < -0.3 is 0 Å². The van der Waals surface area contributed by atoms with Crippen LogP contribution in [0.5, 0.6) is 0 Å². The number of rotatable bonds is 6. The zero-order chi connectivity index (χ0) is 16.4. The fourth-order valence-electron chi connectivity index (χ4n) is 2.33. The summed E-state index contributed by atoms with van der Waals surface area (Å²) in [6.07, 6.45) is 0.690. The lowest BCUT2D eigenvalue weighted by Crippen LogP contribution is -2.36. The highest BCUT2D eigenvalue weighted by Crippen LogP contribution is 2.30. The topological polar surface area (TPSA) is 80.5 Å². The molecule has 0 aliphatic rings. The molecule has 0 aliphatic carbocycles. The minimum Gasteiger partial charge on any atom is -0.258 e. The minimum atomic E-state index is -3.90. The zero-order valence-electron chi connectivity index (χ0n) is 13.0. The number of hydrogen-bond donors (Lipinski definition) is 0. The Hall–Kier alpha value is -1.47. The molecular formula is C14H22N2O4S. The molecule has 0 aliphatic heterocycles. The van der Waals surface area contributed by atoms with Crippen LogP contribution in [0.1, 0.15) is 32.8 Å². The maximum absolute atomic E-state index is 12.7. The van der Waals surface area contributed by atoms with Crippen LogP contribution < -0.4 is 0 Å². The molecule has 1 rings (SSSR count). The van der Waals surface area contributed by atoms with Gasteiger partial charge in [0.05, 0.1) is 4.92 Å². The maximum atomic E-state index is 12.7. The number of benzene rings is 1. The summed E-state index contributed by atoms with van der Waals surface area (Å²) in [6.45, 7) is 7.39. The third kappa shape index (κ3) is 3.79. The molecule has 21 heavy (non-hydrogen) atoms. The molecule has 0 saturated carbocycles. The fraction of sp³-hybridized carbons (Fsp3) is 0.571. The molecule has 1 unspecified atom stereocenters. The summed E-state index contributed by atoms with van der Waals surface area (Å²) in [4.78, 5) is 10.2. The van der Waals surface area contributed by atoms with Gasteiger partial charge in [-0.25, -0.2) is 8.42 Å². The Bertz CT molecular complexity index is 626. The first-order valence-corrected chi connectivity index (χ1v) is 8.25. The Kier molecular flexibility index (Phi) is 5.47. The van der Waals surface area contributed by atoms with Gasteiger partial charge in [0, 0.05) is 19.2 Å². The second-order valence-corrected chi connectivity index (χ2v) is 7.61. The van der Waals surface area contributed by atoms with Crippen molar-refractivity contribution in [3.63, 3.8) is 0 Å². The minimum absolute atomic E-state index is 0.215. The van der Waals surface area contributed by atoms with Crippen molar-refractivity contribution < 1.29 is 13.3 Å². The number of aryl methyl sites for hydroxylation is 1. The standard InChI is InChI=1S/C14H22N2O4S/c1-10(2)9-12(4)15(5)21(19,20)14-11(3)7-6-8-13(14)16(17)18/h6-8,10,12H,9H2,1-5H3.